The lowest BCUT2D eigenvalue weighted by molar-refractivity contribution is 0.102. The molecule has 2 amide bonds. The summed E-state index contributed by atoms with van der Waals surface area (Å²) in [5.74, 6) is -0.700. The molecule has 3 aromatic rings. The van der Waals surface area contributed by atoms with Crippen molar-refractivity contribution in [1.82, 2.24) is 4.98 Å². The van der Waals surface area contributed by atoms with Crippen molar-refractivity contribution in [3.8, 4) is 0 Å². The minimum absolute atomic E-state index is 0.280. The Balaban J connectivity index is 1.76. The smallest absolute Gasteiger partial charge is 0.257 e. The molecule has 0 bridgehead atoms. The van der Waals surface area contributed by atoms with Gasteiger partial charge >= 0.3 is 0 Å². The van der Waals surface area contributed by atoms with Crippen LogP contribution in [0.15, 0.2) is 67.0 Å². The number of benzene rings is 2. The molecule has 1 heterocycles. The summed E-state index contributed by atoms with van der Waals surface area (Å²) < 4.78 is 0. The molecule has 26 heavy (non-hydrogen) atoms. The standard InChI is InChI=1S/C20H16ClN3O2/c1-13-5-2-3-8-18(13)24-20(26)15-9-14(11-22-12-15)19(25)23-17-7-4-6-16(21)10-17/h2-12H,1H3,(H,23,25)(H,24,26). The zero-order valence-electron chi connectivity index (χ0n) is 14.0. The summed E-state index contributed by atoms with van der Waals surface area (Å²) in [6.45, 7) is 1.91. The molecular formula is C20H16ClN3O2. The van der Waals surface area contributed by atoms with Crippen molar-refractivity contribution in [2.75, 3.05) is 10.6 Å². The lowest BCUT2D eigenvalue weighted by atomic mass is 10.1. The molecule has 0 aliphatic heterocycles. The van der Waals surface area contributed by atoms with Gasteiger partial charge in [-0.3, -0.25) is 14.6 Å². The Morgan fingerprint density at radius 2 is 1.58 bits per heavy atom. The number of carbonyl (C=O) groups excluding carboxylic acids is 2. The van der Waals surface area contributed by atoms with E-state index in [2.05, 4.69) is 15.6 Å². The quantitative estimate of drug-likeness (QED) is 0.712. The minimum atomic E-state index is -0.370. The number of nitrogens with one attached hydrogen (secondary N) is 2. The number of aromatic nitrogens is 1. The van der Waals surface area contributed by atoms with Gasteiger partial charge in [-0.15, -0.1) is 0 Å². The number of aryl methyl sites for hydroxylation is 1. The van der Waals surface area contributed by atoms with Gasteiger partial charge in [-0.25, -0.2) is 0 Å². The van der Waals surface area contributed by atoms with Gasteiger partial charge in [-0.05, 0) is 42.8 Å². The van der Waals surface area contributed by atoms with Crippen LogP contribution in [-0.2, 0) is 0 Å². The van der Waals surface area contributed by atoms with Gasteiger partial charge in [0.25, 0.3) is 11.8 Å². The Morgan fingerprint density at radius 1 is 0.885 bits per heavy atom. The molecule has 2 aromatic carbocycles. The topological polar surface area (TPSA) is 71.1 Å². The third kappa shape index (κ3) is 4.26. The van der Waals surface area contributed by atoms with Gasteiger partial charge in [0.15, 0.2) is 0 Å². The van der Waals surface area contributed by atoms with Gasteiger partial charge in [-0.1, -0.05) is 35.9 Å². The van der Waals surface area contributed by atoms with Crippen LogP contribution in [0.3, 0.4) is 0 Å². The zero-order chi connectivity index (χ0) is 18.5. The van der Waals surface area contributed by atoms with E-state index in [9.17, 15) is 9.59 Å². The molecule has 0 spiro atoms. The highest BCUT2D eigenvalue weighted by atomic mass is 35.5. The third-order valence-corrected chi connectivity index (χ3v) is 3.97. The van der Waals surface area contributed by atoms with Crippen molar-refractivity contribution >= 4 is 34.8 Å². The van der Waals surface area contributed by atoms with Crippen LogP contribution in [0.5, 0.6) is 0 Å². The number of para-hydroxylation sites is 1. The van der Waals surface area contributed by atoms with Gasteiger partial charge in [0.05, 0.1) is 11.1 Å². The van der Waals surface area contributed by atoms with Crippen LogP contribution in [0.2, 0.25) is 5.02 Å². The Labute approximate surface area is 156 Å². The van der Waals surface area contributed by atoms with E-state index in [0.717, 1.165) is 5.56 Å². The predicted molar refractivity (Wildman–Crippen MR) is 103 cm³/mol. The van der Waals surface area contributed by atoms with E-state index in [1.807, 2.05) is 31.2 Å². The molecule has 130 valence electrons. The number of anilines is 2. The average molecular weight is 366 g/mol. The SMILES string of the molecule is Cc1ccccc1NC(=O)c1cncc(C(=O)Nc2cccc(Cl)c2)c1. The molecular weight excluding hydrogens is 350 g/mol. The summed E-state index contributed by atoms with van der Waals surface area (Å²) in [7, 11) is 0. The van der Waals surface area contributed by atoms with Crippen LogP contribution in [0, 0.1) is 6.92 Å². The molecule has 0 atom stereocenters. The first-order chi connectivity index (χ1) is 12.5. The van der Waals surface area contributed by atoms with E-state index >= 15 is 0 Å². The summed E-state index contributed by atoms with van der Waals surface area (Å²) in [5, 5.41) is 6.07. The summed E-state index contributed by atoms with van der Waals surface area (Å²) >= 11 is 5.91. The largest absolute Gasteiger partial charge is 0.322 e. The van der Waals surface area contributed by atoms with Crippen LogP contribution in [-0.4, -0.2) is 16.8 Å². The van der Waals surface area contributed by atoms with Crippen LogP contribution < -0.4 is 10.6 Å². The maximum Gasteiger partial charge on any atom is 0.257 e. The summed E-state index contributed by atoms with van der Waals surface area (Å²) in [5.41, 5.74) is 2.81. The van der Waals surface area contributed by atoms with Crippen molar-refractivity contribution in [1.29, 1.82) is 0 Å². The predicted octanol–water partition coefficient (Wildman–Crippen LogP) is 4.55. The normalized spacial score (nSPS) is 10.2. The van der Waals surface area contributed by atoms with E-state index in [0.29, 0.717) is 22.0 Å². The highest BCUT2D eigenvalue weighted by Crippen LogP contribution is 2.17. The highest BCUT2D eigenvalue weighted by Gasteiger charge is 2.12. The van der Waals surface area contributed by atoms with Gasteiger partial charge in [0, 0.05) is 28.8 Å². The van der Waals surface area contributed by atoms with Crippen LogP contribution >= 0.6 is 11.6 Å². The van der Waals surface area contributed by atoms with Gasteiger partial charge in [0.1, 0.15) is 0 Å². The number of hydrogen-bond acceptors (Lipinski definition) is 3. The monoisotopic (exact) mass is 365 g/mol. The summed E-state index contributed by atoms with van der Waals surface area (Å²) in [6.07, 6.45) is 2.83. The van der Waals surface area contributed by atoms with E-state index in [1.165, 1.54) is 18.5 Å². The number of nitrogens with zero attached hydrogens (tertiary/aromatic N) is 1. The van der Waals surface area contributed by atoms with E-state index in [4.69, 9.17) is 11.6 Å². The Bertz CT molecular complexity index is 973. The van der Waals surface area contributed by atoms with E-state index < -0.39 is 0 Å². The first kappa shape index (κ1) is 17.6. The fraction of sp³-hybridized carbons (Fsp3) is 0.0500. The maximum atomic E-state index is 12.4. The molecule has 0 radical (unpaired) electrons. The molecule has 0 saturated heterocycles. The van der Waals surface area contributed by atoms with Crippen molar-refractivity contribution < 1.29 is 9.59 Å². The maximum absolute atomic E-state index is 12.4. The third-order valence-electron chi connectivity index (χ3n) is 3.74. The number of amides is 2. The second kappa shape index (κ2) is 7.80. The Morgan fingerprint density at radius 3 is 2.27 bits per heavy atom. The van der Waals surface area contributed by atoms with Crippen molar-refractivity contribution in [2.45, 2.75) is 6.92 Å². The molecule has 0 saturated carbocycles. The van der Waals surface area contributed by atoms with Crippen LogP contribution in [0.4, 0.5) is 11.4 Å². The van der Waals surface area contributed by atoms with E-state index in [1.54, 1.807) is 24.3 Å². The lowest BCUT2D eigenvalue weighted by Crippen LogP contribution is -2.16. The molecule has 0 aliphatic carbocycles. The second-order valence-electron chi connectivity index (χ2n) is 5.70. The molecule has 6 heteroatoms. The highest BCUT2D eigenvalue weighted by molar-refractivity contribution is 6.31. The summed E-state index contributed by atoms with van der Waals surface area (Å²) in [6, 6.07) is 15.8. The lowest BCUT2D eigenvalue weighted by Gasteiger charge is -2.09. The average Bonchev–Trinajstić information content (AvgIpc) is 2.63. The first-order valence-corrected chi connectivity index (χ1v) is 8.30. The number of hydrogen-bond donors (Lipinski definition) is 2. The Hall–Kier alpha value is -3.18. The minimum Gasteiger partial charge on any atom is -0.322 e. The fourth-order valence-electron chi connectivity index (χ4n) is 2.37. The van der Waals surface area contributed by atoms with Gasteiger partial charge in [0.2, 0.25) is 0 Å². The molecule has 0 fully saturated rings. The number of pyridine rings is 1. The van der Waals surface area contributed by atoms with Crippen molar-refractivity contribution in [3.05, 3.63) is 88.7 Å². The molecule has 2 N–H and O–H groups in total. The molecule has 1 aromatic heterocycles. The van der Waals surface area contributed by atoms with Crippen LogP contribution in [0.25, 0.3) is 0 Å². The first-order valence-electron chi connectivity index (χ1n) is 7.92. The van der Waals surface area contributed by atoms with E-state index in [-0.39, 0.29) is 17.4 Å². The number of rotatable bonds is 4. The molecule has 0 aliphatic rings. The van der Waals surface area contributed by atoms with Crippen molar-refractivity contribution in [2.24, 2.45) is 0 Å². The molecule has 3 rings (SSSR count). The van der Waals surface area contributed by atoms with Crippen molar-refractivity contribution in [3.63, 3.8) is 0 Å². The Kier molecular flexibility index (Phi) is 5.29. The number of halogens is 1. The fourth-order valence-corrected chi connectivity index (χ4v) is 2.56. The molecule has 5 nitrogen and oxygen atoms in total. The van der Waals surface area contributed by atoms with Gasteiger partial charge in [-0.2, -0.15) is 0 Å². The van der Waals surface area contributed by atoms with Crippen LogP contribution in [0.1, 0.15) is 26.3 Å². The number of carbonyl (C=O) groups is 2. The van der Waals surface area contributed by atoms with Gasteiger partial charge < -0.3 is 10.6 Å². The second-order valence-corrected chi connectivity index (χ2v) is 6.13. The molecule has 0 unspecified atom stereocenters. The zero-order valence-corrected chi connectivity index (χ0v) is 14.7. The summed E-state index contributed by atoms with van der Waals surface area (Å²) in [4.78, 5) is 28.8.